The highest BCUT2D eigenvalue weighted by Crippen LogP contribution is 2.19. The van der Waals surface area contributed by atoms with Crippen LogP contribution in [0.3, 0.4) is 0 Å². The van der Waals surface area contributed by atoms with Crippen LogP contribution in [0.2, 0.25) is 0 Å². The van der Waals surface area contributed by atoms with Gasteiger partial charge < -0.3 is 15.0 Å². The molecule has 0 saturated heterocycles. The zero-order chi connectivity index (χ0) is 17.1. The van der Waals surface area contributed by atoms with E-state index in [1.54, 1.807) is 24.4 Å². The maximum Gasteiger partial charge on any atom is 0.253 e. The zero-order valence-corrected chi connectivity index (χ0v) is 13.1. The minimum atomic E-state index is -0.363. The second kappa shape index (κ2) is 6.34. The largest absolute Gasteiger partial charge is 0.480 e. The van der Waals surface area contributed by atoms with E-state index in [0.29, 0.717) is 16.6 Å². The number of fused-ring (bicyclic) bond motifs is 1. The molecule has 0 fully saturated rings. The number of methoxy groups -OCH3 is 1. The molecule has 0 spiro atoms. The number of rotatable bonds is 4. The zero-order valence-electron chi connectivity index (χ0n) is 13.1. The van der Waals surface area contributed by atoms with E-state index in [9.17, 15) is 4.79 Å². The summed E-state index contributed by atoms with van der Waals surface area (Å²) in [6.07, 6.45) is 3.03. The molecule has 0 aromatic carbocycles. The van der Waals surface area contributed by atoms with Crippen molar-refractivity contribution in [1.82, 2.24) is 19.9 Å². The van der Waals surface area contributed by atoms with Gasteiger partial charge in [0.2, 0.25) is 11.8 Å². The van der Waals surface area contributed by atoms with Gasteiger partial charge in [0.15, 0.2) is 0 Å². The summed E-state index contributed by atoms with van der Waals surface area (Å²) in [6.45, 7) is 1.81. The molecule has 1 atom stereocenters. The highest BCUT2D eigenvalue weighted by Gasteiger charge is 2.14. The normalized spacial score (nSPS) is 11.7. The van der Waals surface area contributed by atoms with Gasteiger partial charge in [-0.15, -0.1) is 0 Å². The molecule has 0 amide bonds. The SMILES string of the molecule is COc1nc(N[C@@H](C)c2cc3ncccc3[nH]c2=O)ncc1C#N. The lowest BCUT2D eigenvalue weighted by molar-refractivity contribution is 0.396. The van der Waals surface area contributed by atoms with Crippen molar-refractivity contribution in [2.24, 2.45) is 0 Å². The van der Waals surface area contributed by atoms with Crippen molar-refractivity contribution in [2.45, 2.75) is 13.0 Å². The molecule has 0 saturated carbocycles. The van der Waals surface area contributed by atoms with Gasteiger partial charge in [-0.25, -0.2) is 4.98 Å². The van der Waals surface area contributed by atoms with Crippen molar-refractivity contribution < 1.29 is 4.74 Å². The Morgan fingerprint density at radius 3 is 3.00 bits per heavy atom. The maximum atomic E-state index is 12.3. The number of aromatic amines is 1. The lowest BCUT2D eigenvalue weighted by atomic mass is 10.1. The highest BCUT2D eigenvalue weighted by atomic mass is 16.5. The van der Waals surface area contributed by atoms with Crippen LogP contribution in [0.5, 0.6) is 5.88 Å². The predicted octanol–water partition coefficient (Wildman–Crippen LogP) is 1.77. The molecule has 24 heavy (non-hydrogen) atoms. The summed E-state index contributed by atoms with van der Waals surface area (Å²) in [4.78, 5) is 27.5. The number of ether oxygens (including phenoxy) is 1. The number of aromatic nitrogens is 4. The Morgan fingerprint density at radius 1 is 1.42 bits per heavy atom. The van der Waals surface area contributed by atoms with Crippen LogP contribution in [-0.4, -0.2) is 27.0 Å². The fourth-order valence-corrected chi connectivity index (χ4v) is 2.31. The molecule has 3 heterocycles. The first-order valence-electron chi connectivity index (χ1n) is 7.18. The molecule has 3 aromatic rings. The van der Waals surface area contributed by atoms with Gasteiger partial charge in [0.1, 0.15) is 11.6 Å². The van der Waals surface area contributed by atoms with E-state index in [1.165, 1.54) is 13.3 Å². The summed E-state index contributed by atoms with van der Waals surface area (Å²) in [7, 11) is 1.43. The van der Waals surface area contributed by atoms with Crippen LogP contribution in [0, 0.1) is 11.3 Å². The molecule has 0 unspecified atom stereocenters. The van der Waals surface area contributed by atoms with Crippen LogP contribution >= 0.6 is 0 Å². The van der Waals surface area contributed by atoms with E-state index in [1.807, 2.05) is 13.0 Å². The summed E-state index contributed by atoms with van der Waals surface area (Å²) < 4.78 is 5.05. The molecule has 120 valence electrons. The van der Waals surface area contributed by atoms with Gasteiger partial charge in [0.05, 0.1) is 30.4 Å². The van der Waals surface area contributed by atoms with Crippen LogP contribution in [0.4, 0.5) is 5.95 Å². The standard InChI is InChI=1S/C16H14N6O2/c1-9(20-16-19-8-10(7-17)15(22-16)24-2)11-6-13-12(21-14(11)23)4-3-5-18-13/h3-6,8-9H,1-2H3,(H,21,23)(H,19,20,22)/t9-/m0/s1. The van der Waals surface area contributed by atoms with Crippen molar-refractivity contribution in [3.05, 3.63) is 52.1 Å². The number of nitrogens with one attached hydrogen (secondary N) is 2. The molecule has 2 N–H and O–H groups in total. The Balaban J connectivity index is 1.93. The summed E-state index contributed by atoms with van der Waals surface area (Å²) in [6, 6.07) is 6.86. The minimum Gasteiger partial charge on any atom is -0.480 e. The first kappa shape index (κ1) is 15.4. The monoisotopic (exact) mass is 322 g/mol. The molecule has 8 heteroatoms. The van der Waals surface area contributed by atoms with Gasteiger partial charge >= 0.3 is 0 Å². The van der Waals surface area contributed by atoms with Crippen LogP contribution in [0.15, 0.2) is 35.4 Å². The first-order chi connectivity index (χ1) is 11.6. The second-order valence-corrected chi connectivity index (χ2v) is 5.08. The quantitative estimate of drug-likeness (QED) is 0.751. The van der Waals surface area contributed by atoms with Crippen LogP contribution in [0.1, 0.15) is 24.1 Å². The fourth-order valence-electron chi connectivity index (χ4n) is 2.31. The van der Waals surface area contributed by atoms with Gasteiger partial charge in [-0.05, 0) is 25.1 Å². The smallest absolute Gasteiger partial charge is 0.253 e. The van der Waals surface area contributed by atoms with Gasteiger partial charge in [-0.2, -0.15) is 10.2 Å². The average molecular weight is 322 g/mol. The number of H-pyrrole nitrogens is 1. The molecule has 0 radical (unpaired) electrons. The Morgan fingerprint density at radius 2 is 2.25 bits per heavy atom. The maximum absolute atomic E-state index is 12.3. The molecular formula is C16H14N6O2. The number of nitriles is 1. The van der Waals surface area contributed by atoms with Gasteiger partial charge in [0, 0.05) is 11.8 Å². The number of pyridine rings is 2. The summed E-state index contributed by atoms with van der Waals surface area (Å²) in [5.41, 5.74) is 1.90. The van der Waals surface area contributed by atoms with E-state index in [0.717, 1.165) is 0 Å². The number of anilines is 1. The highest BCUT2D eigenvalue weighted by molar-refractivity contribution is 5.74. The van der Waals surface area contributed by atoms with Crippen LogP contribution in [-0.2, 0) is 0 Å². The molecule has 0 aliphatic carbocycles. The Kier molecular flexibility index (Phi) is 4.07. The molecule has 0 aliphatic heterocycles. The molecule has 3 rings (SSSR count). The Hall–Kier alpha value is -3.47. The van der Waals surface area contributed by atoms with Crippen molar-refractivity contribution in [3.63, 3.8) is 0 Å². The molecule has 0 aliphatic rings. The minimum absolute atomic E-state index is 0.177. The number of nitrogens with zero attached hydrogens (tertiary/aromatic N) is 4. The Bertz CT molecular complexity index is 992. The van der Waals surface area contributed by atoms with Crippen molar-refractivity contribution in [3.8, 4) is 11.9 Å². The second-order valence-electron chi connectivity index (χ2n) is 5.08. The van der Waals surface area contributed by atoms with Crippen LogP contribution in [0.25, 0.3) is 11.0 Å². The third kappa shape index (κ3) is 2.87. The number of hydrogen-bond acceptors (Lipinski definition) is 7. The third-order valence-corrected chi connectivity index (χ3v) is 3.52. The van der Waals surface area contributed by atoms with E-state index < -0.39 is 0 Å². The molecule has 0 bridgehead atoms. The fraction of sp³-hybridized carbons (Fsp3) is 0.188. The third-order valence-electron chi connectivity index (χ3n) is 3.52. The van der Waals surface area contributed by atoms with Crippen molar-refractivity contribution in [2.75, 3.05) is 12.4 Å². The Labute approximate surface area is 137 Å². The van der Waals surface area contributed by atoms with E-state index in [-0.39, 0.29) is 29.0 Å². The first-order valence-corrected chi connectivity index (χ1v) is 7.18. The van der Waals surface area contributed by atoms with E-state index >= 15 is 0 Å². The van der Waals surface area contributed by atoms with Gasteiger partial charge in [-0.1, -0.05) is 0 Å². The van der Waals surface area contributed by atoms with E-state index in [4.69, 9.17) is 10.00 Å². The molecule has 3 aromatic heterocycles. The van der Waals surface area contributed by atoms with Crippen molar-refractivity contribution in [1.29, 1.82) is 5.26 Å². The lowest BCUT2D eigenvalue weighted by Crippen LogP contribution is -2.20. The summed E-state index contributed by atoms with van der Waals surface area (Å²) in [5.74, 6) is 0.440. The average Bonchev–Trinajstić information content (AvgIpc) is 2.60. The molecule has 8 nitrogen and oxygen atoms in total. The van der Waals surface area contributed by atoms with Gasteiger partial charge in [-0.3, -0.25) is 9.78 Å². The number of hydrogen-bond donors (Lipinski definition) is 2. The van der Waals surface area contributed by atoms with E-state index in [2.05, 4.69) is 25.3 Å². The lowest BCUT2D eigenvalue weighted by Gasteiger charge is -2.14. The van der Waals surface area contributed by atoms with Gasteiger partial charge in [0.25, 0.3) is 5.56 Å². The van der Waals surface area contributed by atoms with Crippen molar-refractivity contribution >= 4 is 17.0 Å². The molecular weight excluding hydrogens is 308 g/mol. The summed E-state index contributed by atoms with van der Waals surface area (Å²) in [5, 5.41) is 12.0. The predicted molar refractivity (Wildman–Crippen MR) is 87.7 cm³/mol. The van der Waals surface area contributed by atoms with Crippen LogP contribution < -0.4 is 15.6 Å². The summed E-state index contributed by atoms with van der Waals surface area (Å²) >= 11 is 0. The topological polar surface area (TPSA) is 117 Å².